The van der Waals surface area contributed by atoms with E-state index in [-0.39, 0.29) is 36.4 Å². The summed E-state index contributed by atoms with van der Waals surface area (Å²) in [4.78, 5) is 46.8. The van der Waals surface area contributed by atoms with Crippen LogP contribution in [0.3, 0.4) is 0 Å². The number of nitrogens with two attached hydrogens (primary N) is 1. The molecule has 12 nitrogen and oxygen atoms in total. The van der Waals surface area contributed by atoms with Crippen molar-refractivity contribution in [2.24, 2.45) is 5.41 Å². The van der Waals surface area contributed by atoms with Crippen LogP contribution in [0, 0.1) is 5.41 Å². The molecule has 0 bridgehead atoms. The molecule has 0 aromatic carbocycles. The zero-order valence-electron chi connectivity index (χ0n) is 25.8. The molecule has 3 aliphatic heterocycles. The first-order valence-corrected chi connectivity index (χ1v) is 15.3. The summed E-state index contributed by atoms with van der Waals surface area (Å²) in [5.74, 6) is -1.11. The molecule has 4 rings (SSSR count). The van der Waals surface area contributed by atoms with Gasteiger partial charge in [0.1, 0.15) is 5.83 Å². The van der Waals surface area contributed by atoms with Crippen LogP contribution in [0.5, 0.6) is 0 Å². The Morgan fingerprint density at radius 1 is 1.05 bits per heavy atom. The van der Waals surface area contributed by atoms with Gasteiger partial charge >= 0.3 is 0 Å². The molecule has 1 aromatic rings. The molecule has 3 amide bonds. The number of carbonyl (C=O) groups is 3. The zero-order valence-corrected chi connectivity index (χ0v) is 25.8. The predicted octanol–water partition coefficient (Wildman–Crippen LogP) is 1.58. The third-order valence-corrected chi connectivity index (χ3v) is 7.97. The van der Waals surface area contributed by atoms with Gasteiger partial charge in [-0.05, 0) is 25.8 Å². The molecule has 4 heterocycles. The quantitative estimate of drug-likeness (QED) is 0.303. The number of pyridine rings is 1. The highest BCUT2D eigenvalue weighted by molar-refractivity contribution is 5.97. The van der Waals surface area contributed by atoms with E-state index in [2.05, 4.69) is 20.5 Å². The molecule has 0 atom stereocenters. The minimum Gasteiger partial charge on any atom is -0.397 e. The third kappa shape index (κ3) is 9.87. The van der Waals surface area contributed by atoms with Crippen LogP contribution in [0.1, 0.15) is 50.5 Å². The molecule has 3 fully saturated rings. The van der Waals surface area contributed by atoms with E-state index in [1.165, 1.54) is 6.08 Å². The van der Waals surface area contributed by atoms with Gasteiger partial charge in [0.15, 0.2) is 5.69 Å². The number of amides is 3. The fraction of sp³-hybridized carbons (Fsp3) is 0.667. The Morgan fingerprint density at radius 3 is 2.26 bits per heavy atom. The maximum Gasteiger partial charge on any atom is 0.272 e. The van der Waals surface area contributed by atoms with Gasteiger partial charge in [-0.3, -0.25) is 14.4 Å². The molecular weight excluding hydrogens is 557 g/mol. The highest BCUT2D eigenvalue weighted by atomic mass is 19.1. The highest BCUT2D eigenvalue weighted by Crippen LogP contribution is 2.39. The number of nitrogens with zero attached hydrogens (tertiary/aromatic N) is 4. The minimum absolute atomic E-state index is 0.0581. The van der Waals surface area contributed by atoms with Crippen LogP contribution < -0.4 is 21.3 Å². The molecule has 4 N–H and O–H groups in total. The van der Waals surface area contributed by atoms with E-state index in [0.717, 1.165) is 44.8 Å². The normalized spacial score (nSPS) is 18.0. The molecule has 1 aromatic heterocycles. The zero-order chi connectivity index (χ0) is 31.2. The van der Waals surface area contributed by atoms with Crippen LogP contribution in [0.25, 0.3) is 0 Å². The summed E-state index contributed by atoms with van der Waals surface area (Å²) in [5.41, 5.74) is 7.97. The van der Waals surface area contributed by atoms with Crippen LogP contribution in [0.2, 0.25) is 0 Å². The lowest BCUT2D eigenvalue weighted by atomic mass is 9.77. The van der Waals surface area contributed by atoms with E-state index in [9.17, 15) is 18.8 Å². The van der Waals surface area contributed by atoms with Crippen molar-refractivity contribution in [3.05, 3.63) is 29.9 Å². The van der Waals surface area contributed by atoms with E-state index in [1.54, 1.807) is 22.9 Å². The van der Waals surface area contributed by atoms with Gasteiger partial charge in [-0.1, -0.05) is 19.9 Å². The summed E-state index contributed by atoms with van der Waals surface area (Å²) in [7, 11) is 0. The molecule has 0 radical (unpaired) electrons. The fourth-order valence-corrected chi connectivity index (χ4v) is 5.19. The number of hydrogen-bond donors (Lipinski definition) is 3. The average Bonchev–Trinajstić information content (AvgIpc) is 3.02. The summed E-state index contributed by atoms with van der Waals surface area (Å²) in [6.07, 6.45) is 4.93. The van der Waals surface area contributed by atoms with Crippen LogP contribution >= 0.6 is 0 Å². The van der Waals surface area contributed by atoms with Crippen molar-refractivity contribution in [2.45, 2.75) is 40.0 Å². The van der Waals surface area contributed by atoms with Gasteiger partial charge in [-0.2, -0.15) is 0 Å². The van der Waals surface area contributed by atoms with Crippen LogP contribution in [0.4, 0.5) is 15.8 Å². The lowest BCUT2D eigenvalue weighted by Crippen LogP contribution is -2.52. The van der Waals surface area contributed by atoms with Crippen LogP contribution in [0.15, 0.2) is 24.2 Å². The lowest BCUT2D eigenvalue weighted by molar-refractivity contribution is -0.138. The Hall–Kier alpha value is -3.29. The average molecular weight is 606 g/mol. The summed E-state index contributed by atoms with van der Waals surface area (Å²) in [6.45, 7) is 12.4. The number of nitrogens with one attached hydrogen (secondary N) is 2. The van der Waals surface area contributed by atoms with E-state index < -0.39 is 5.83 Å². The standard InChI is InChI=1S/C28H42FN7O5.C2H6/c1-2-21(29)15-24(37)35-9-11-36(12-10-35)25(38)18-31-5-13-40-14-6-32-27(39)26-23(30)16-22(17-33-26)34-7-3-28(4-8-34)19-41-20-28;1-2/h2,16-17,31H,3-15,18-20,30H2,1H3,(H,32,39);1-2H3/b21-2+;. The second-order valence-corrected chi connectivity index (χ2v) is 10.8. The first-order chi connectivity index (χ1) is 20.8. The largest absolute Gasteiger partial charge is 0.397 e. The highest BCUT2D eigenvalue weighted by Gasteiger charge is 2.41. The summed E-state index contributed by atoms with van der Waals surface area (Å²) in [5, 5.41) is 5.82. The number of anilines is 2. The number of aromatic nitrogens is 1. The van der Waals surface area contributed by atoms with Gasteiger partial charge in [0.05, 0.1) is 57.0 Å². The molecule has 43 heavy (non-hydrogen) atoms. The minimum atomic E-state index is -0.444. The number of hydrogen-bond acceptors (Lipinski definition) is 9. The molecule has 240 valence electrons. The number of ether oxygens (including phenoxy) is 2. The molecule has 0 saturated carbocycles. The maximum atomic E-state index is 13.3. The second kappa shape index (κ2) is 17.1. The van der Waals surface area contributed by atoms with Gasteiger partial charge in [-0.25, -0.2) is 9.37 Å². The summed E-state index contributed by atoms with van der Waals surface area (Å²) >= 11 is 0. The topological polar surface area (TPSA) is 142 Å². The monoisotopic (exact) mass is 605 g/mol. The smallest absolute Gasteiger partial charge is 0.272 e. The van der Waals surface area contributed by atoms with Crippen molar-refractivity contribution >= 4 is 29.1 Å². The van der Waals surface area contributed by atoms with Gasteiger partial charge in [0.2, 0.25) is 11.8 Å². The Balaban J connectivity index is 0.00000248. The van der Waals surface area contributed by atoms with Crippen LogP contribution in [-0.4, -0.2) is 118 Å². The number of carbonyl (C=O) groups excluding carboxylic acids is 3. The van der Waals surface area contributed by atoms with Gasteiger partial charge < -0.3 is 40.5 Å². The Morgan fingerprint density at radius 2 is 1.67 bits per heavy atom. The number of allylic oxidation sites excluding steroid dienone is 1. The summed E-state index contributed by atoms with van der Waals surface area (Å²) < 4.78 is 24.3. The molecule has 1 spiro atoms. The van der Waals surface area contributed by atoms with E-state index in [4.69, 9.17) is 15.2 Å². The molecular formula is C30H48FN7O5. The molecule has 13 heteroatoms. The number of halogens is 1. The van der Waals surface area contributed by atoms with E-state index in [1.807, 2.05) is 19.9 Å². The van der Waals surface area contributed by atoms with Gasteiger partial charge in [0.25, 0.3) is 5.91 Å². The first kappa shape index (κ1) is 34.2. The first-order valence-electron chi connectivity index (χ1n) is 15.3. The fourth-order valence-electron chi connectivity index (χ4n) is 5.19. The predicted molar refractivity (Wildman–Crippen MR) is 163 cm³/mol. The van der Waals surface area contributed by atoms with Crippen molar-refractivity contribution < 1.29 is 28.2 Å². The Labute approximate surface area is 254 Å². The van der Waals surface area contributed by atoms with Crippen LogP contribution in [-0.2, 0) is 19.1 Å². The van der Waals surface area contributed by atoms with E-state index in [0.29, 0.717) is 63.6 Å². The Kier molecular flexibility index (Phi) is 13.6. The van der Waals surface area contributed by atoms with Crippen molar-refractivity contribution in [1.29, 1.82) is 0 Å². The number of nitrogen functional groups attached to an aromatic ring is 1. The molecule has 3 saturated heterocycles. The molecule has 0 aliphatic carbocycles. The Bertz CT molecular complexity index is 1100. The van der Waals surface area contributed by atoms with Gasteiger partial charge in [-0.15, -0.1) is 0 Å². The van der Waals surface area contributed by atoms with Crippen molar-refractivity contribution in [3.63, 3.8) is 0 Å². The third-order valence-electron chi connectivity index (χ3n) is 7.97. The van der Waals surface area contributed by atoms with Crippen molar-refractivity contribution in [1.82, 2.24) is 25.4 Å². The number of piperazine rings is 1. The second-order valence-electron chi connectivity index (χ2n) is 10.8. The van der Waals surface area contributed by atoms with E-state index >= 15 is 0 Å². The SMILES string of the molecule is C/C=C(/F)CC(=O)N1CCN(C(=O)CNCCOCCNC(=O)c2ncc(N3CCC4(CC3)COC4)cc2N)CC1.CC. The lowest BCUT2D eigenvalue weighted by Gasteiger charge is -2.47. The number of piperidine rings is 1. The molecule has 3 aliphatic rings. The van der Waals surface area contributed by atoms with Gasteiger partial charge in [0, 0.05) is 57.8 Å². The maximum absolute atomic E-state index is 13.3. The molecule has 0 unspecified atom stereocenters. The van der Waals surface area contributed by atoms with Crippen molar-refractivity contribution in [3.8, 4) is 0 Å². The summed E-state index contributed by atoms with van der Waals surface area (Å²) in [6, 6.07) is 1.81. The van der Waals surface area contributed by atoms with Crippen molar-refractivity contribution in [2.75, 3.05) is 96.0 Å². The number of rotatable bonds is 12.